The van der Waals surface area contributed by atoms with Crippen LogP contribution in [0.2, 0.25) is 0 Å². The first-order valence-electron chi connectivity index (χ1n) is 9.23. The number of rotatable bonds is 8. The van der Waals surface area contributed by atoms with Gasteiger partial charge in [0.2, 0.25) is 0 Å². The van der Waals surface area contributed by atoms with Crippen LogP contribution in [-0.4, -0.2) is 60.4 Å². The Labute approximate surface area is 145 Å². The lowest BCUT2D eigenvalue weighted by atomic mass is 10.0. The van der Waals surface area contributed by atoms with Gasteiger partial charge in [-0.15, -0.1) is 0 Å². The quantitative estimate of drug-likeness (QED) is 0.729. The molecule has 0 aromatic heterocycles. The van der Waals surface area contributed by atoms with Gasteiger partial charge in [0.25, 0.3) is 0 Å². The molecule has 7 unspecified atom stereocenters. The fraction of sp³-hybridized carbons (Fsp3) is 1.00. The smallest absolute Gasteiger partial charge is 0.166 e. The minimum Gasteiger partial charge on any atom is -0.387 e. The molecule has 0 radical (unpaired) electrons. The van der Waals surface area contributed by atoms with Crippen molar-refractivity contribution >= 4 is 0 Å². The average molecular weight is 346 g/mol. The third kappa shape index (κ3) is 4.48. The summed E-state index contributed by atoms with van der Waals surface area (Å²) in [6.45, 7) is 12.6. The molecule has 0 bridgehead atoms. The van der Waals surface area contributed by atoms with Crippen LogP contribution >= 0.6 is 0 Å². The molecule has 0 aromatic carbocycles. The second-order valence-corrected chi connectivity index (χ2v) is 7.22. The average Bonchev–Trinajstić information content (AvgIpc) is 3.16. The SMILES string of the molecule is CCC(C)OC(C1COC(C)(CC)O1)C(O)C1COC(C)(CC)O1. The van der Waals surface area contributed by atoms with E-state index in [0.29, 0.717) is 13.2 Å². The number of ether oxygens (including phenoxy) is 5. The van der Waals surface area contributed by atoms with E-state index in [1.807, 2.05) is 34.6 Å². The number of aliphatic hydroxyl groups excluding tert-OH is 1. The Hall–Kier alpha value is -0.240. The molecule has 7 atom stereocenters. The minimum atomic E-state index is -0.833. The van der Waals surface area contributed by atoms with Crippen LogP contribution < -0.4 is 0 Å². The number of aliphatic hydroxyl groups is 1. The summed E-state index contributed by atoms with van der Waals surface area (Å²) in [6, 6.07) is 0. The highest BCUT2D eigenvalue weighted by Crippen LogP contribution is 2.34. The largest absolute Gasteiger partial charge is 0.387 e. The molecule has 0 aromatic rings. The maximum Gasteiger partial charge on any atom is 0.166 e. The zero-order chi connectivity index (χ0) is 18.0. The Bertz CT molecular complexity index is 405. The molecule has 142 valence electrons. The molecule has 2 saturated heterocycles. The summed E-state index contributed by atoms with van der Waals surface area (Å²) in [5.74, 6) is -1.26. The lowest BCUT2D eigenvalue weighted by Gasteiger charge is -2.33. The van der Waals surface area contributed by atoms with Gasteiger partial charge in [0.15, 0.2) is 11.6 Å². The summed E-state index contributed by atoms with van der Waals surface area (Å²) >= 11 is 0. The molecule has 0 spiro atoms. The van der Waals surface area contributed by atoms with E-state index in [2.05, 4.69) is 6.92 Å². The standard InChI is InChI=1S/C18H34O6/c1-7-12(4)22-16(14-11-21-18(6,9-3)24-14)15(19)13-10-20-17(5,8-2)23-13/h12-16,19H,7-11H2,1-6H3. The van der Waals surface area contributed by atoms with Crippen molar-refractivity contribution in [3.63, 3.8) is 0 Å². The van der Waals surface area contributed by atoms with E-state index in [1.54, 1.807) is 0 Å². The fourth-order valence-electron chi connectivity index (χ4n) is 2.96. The minimum absolute atomic E-state index is 0.0154. The van der Waals surface area contributed by atoms with Crippen molar-refractivity contribution in [3.05, 3.63) is 0 Å². The molecule has 2 aliphatic rings. The van der Waals surface area contributed by atoms with Crippen molar-refractivity contribution < 1.29 is 28.8 Å². The predicted octanol–water partition coefficient (Wildman–Crippen LogP) is 2.61. The van der Waals surface area contributed by atoms with Crippen LogP contribution in [0.25, 0.3) is 0 Å². The molecule has 0 saturated carbocycles. The summed E-state index contributed by atoms with van der Waals surface area (Å²) < 4.78 is 29.6. The molecular weight excluding hydrogens is 312 g/mol. The third-order valence-corrected chi connectivity index (χ3v) is 5.24. The van der Waals surface area contributed by atoms with Gasteiger partial charge in [-0.2, -0.15) is 0 Å². The van der Waals surface area contributed by atoms with Crippen molar-refractivity contribution in [2.45, 2.75) is 103 Å². The van der Waals surface area contributed by atoms with Crippen LogP contribution in [0.5, 0.6) is 0 Å². The Balaban J connectivity index is 2.08. The Morgan fingerprint density at radius 2 is 1.50 bits per heavy atom. The molecule has 24 heavy (non-hydrogen) atoms. The van der Waals surface area contributed by atoms with E-state index >= 15 is 0 Å². The van der Waals surface area contributed by atoms with Gasteiger partial charge < -0.3 is 28.8 Å². The molecule has 2 aliphatic heterocycles. The maximum absolute atomic E-state index is 10.9. The Kier molecular flexibility index (Phi) is 6.67. The summed E-state index contributed by atoms with van der Waals surface area (Å²) in [5, 5.41) is 10.9. The van der Waals surface area contributed by atoms with Gasteiger partial charge in [-0.25, -0.2) is 0 Å². The first kappa shape index (κ1) is 20.1. The van der Waals surface area contributed by atoms with E-state index in [9.17, 15) is 5.11 Å². The number of hydrogen-bond donors (Lipinski definition) is 1. The highest BCUT2D eigenvalue weighted by Gasteiger charge is 2.48. The molecule has 2 heterocycles. The molecule has 0 aliphatic carbocycles. The van der Waals surface area contributed by atoms with Crippen molar-refractivity contribution in [1.82, 2.24) is 0 Å². The lowest BCUT2D eigenvalue weighted by molar-refractivity contribution is -0.209. The summed E-state index contributed by atoms with van der Waals surface area (Å²) in [7, 11) is 0. The van der Waals surface area contributed by atoms with Gasteiger partial charge >= 0.3 is 0 Å². The van der Waals surface area contributed by atoms with Gasteiger partial charge in [0.05, 0.1) is 19.3 Å². The summed E-state index contributed by atoms with van der Waals surface area (Å²) in [4.78, 5) is 0. The van der Waals surface area contributed by atoms with Gasteiger partial charge in [-0.1, -0.05) is 20.8 Å². The normalized spacial score (nSPS) is 40.6. The van der Waals surface area contributed by atoms with Crippen LogP contribution in [0.3, 0.4) is 0 Å². The first-order valence-corrected chi connectivity index (χ1v) is 9.23. The van der Waals surface area contributed by atoms with Crippen LogP contribution in [0.15, 0.2) is 0 Å². The topological polar surface area (TPSA) is 66.4 Å². The van der Waals surface area contributed by atoms with Crippen molar-refractivity contribution in [3.8, 4) is 0 Å². The van der Waals surface area contributed by atoms with Crippen molar-refractivity contribution in [2.24, 2.45) is 0 Å². The van der Waals surface area contributed by atoms with Gasteiger partial charge in [0.1, 0.15) is 24.4 Å². The van der Waals surface area contributed by atoms with Crippen molar-refractivity contribution in [2.75, 3.05) is 13.2 Å². The molecule has 1 N–H and O–H groups in total. The molecule has 2 fully saturated rings. The second kappa shape index (κ2) is 7.98. The molecule has 6 heteroatoms. The van der Waals surface area contributed by atoms with Gasteiger partial charge in [-0.05, 0) is 40.0 Å². The predicted molar refractivity (Wildman–Crippen MR) is 89.7 cm³/mol. The van der Waals surface area contributed by atoms with E-state index in [1.165, 1.54) is 0 Å². The van der Waals surface area contributed by atoms with E-state index in [4.69, 9.17) is 23.7 Å². The van der Waals surface area contributed by atoms with E-state index < -0.39 is 29.9 Å². The Morgan fingerprint density at radius 3 is 1.96 bits per heavy atom. The van der Waals surface area contributed by atoms with Gasteiger partial charge in [0, 0.05) is 0 Å². The van der Waals surface area contributed by atoms with Crippen molar-refractivity contribution in [1.29, 1.82) is 0 Å². The third-order valence-electron chi connectivity index (χ3n) is 5.24. The Morgan fingerprint density at radius 1 is 1.00 bits per heavy atom. The first-order chi connectivity index (χ1) is 11.3. The highest BCUT2D eigenvalue weighted by molar-refractivity contribution is 4.91. The lowest BCUT2D eigenvalue weighted by Crippen LogP contribution is -2.50. The second-order valence-electron chi connectivity index (χ2n) is 7.22. The van der Waals surface area contributed by atoms with Gasteiger partial charge in [-0.3, -0.25) is 0 Å². The maximum atomic E-state index is 10.9. The molecular formula is C18H34O6. The fourth-order valence-corrected chi connectivity index (χ4v) is 2.96. The van der Waals surface area contributed by atoms with E-state index in [-0.39, 0.29) is 12.2 Å². The monoisotopic (exact) mass is 346 g/mol. The van der Waals surface area contributed by atoms with Crippen LogP contribution in [0.1, 0.15) is 60.8 Å². The van der Waals surface area contributed by atoms with Crippen LogP contribution in [-0.2, 0) is 23.7 Å². The highest BCUT2D eigenvalue weighted by atomic mass is 16.8. The molecule has 6 nitrogen and oxygen atoms in total. The molecule has 0 amide bonds. The van der Waals surface area contributed by atoms with Crippen LogP contribution in [0.4, 0.5) is 0 Å². The molecule has 2 rings (SSSR count). The number of hydrogen-bond acceptors (Lipinski definition) is 6. The summed E-state index contributed by atoms with van der Waals surface area (Å²) in [6.07, 6.45) is 0.243. The zero-order valence-electron chi connectivity index (χ0n) is 15.9. The zero-order valence-corrected chi connectivity index (χ0v) is 15.9. The van der Waals surface area contributed by atoms with Crippen LogP contribution in [0, 0.1) is 0 Å². The summed E-state index contributed by atoms with van der Waals surface area (Å²) in [5.41, 5.74) is 0. The van der Waals surface area contributed by atoms with E-state index in [0.717, 1.165) is 19.3 Å².